The van der Waals surface area contributed by atoms with Crippen molar-refractivity contribution in [1.29, 1.82) is 0 Å². The molecule has 4 nitrogen and oxygen atoms in total. The molecular weight excluding hydrogens is 180 g/mol. The van der Waals surface area contributed by atoms with E-state index in [-0.39, 0.29) is 17.2 Å². The number of carbonyl (C=O) groups is 1. The molecule has 0 aromatic carbocycles. The lowest BCUT2D eigenvalue weighted by Crippen LogP contribution is -2.52. The summed E-state index contributed by atoms with van der Waals surface area (Å²) in [6.45, 7) is 6.19. The number of rotatable bonds is 3. The maximum atomic E-state index is 11.5. The minimum atomic E-state index is 0.160. The number of hydrogen-bond acceptors (Lipinski definition) is 3. The molecule has 1 amide bonds. The van der Waals surface area contributed by atoms with Crippen molar-refractivity contribution in [2.45, 2.75) is 13.3 Å². The topological polar surface area (TPSA) is 50.4 Å². The SMILES string of the molecule is CC1(CNC(=O)C2CNC2)CCOC1. The highest BCUT2D eigenvalue weighted by molar-refractivity contribution is 5.80. The van der Waals surface area contributed by atoms with Gasteiger partial charge in [-0.3, -0.25) is 4.79 Å². The molecule has 2 aliphatic heterocycles. The molecule has 14 heavy (non-hydrogen) atoms. The Morgan fingerprint density at radius 2 is 2.43 bits per heavy atom. The van der Waals surface area contributed by atoms with Crippen LogP contribution in [0.25, 0.3) is 0 Å². The quantitative estimate of drug-likeness (QED) is 0.657. The van der Waals surface area contributed by atoms with Gasteiger partial charge in [-0.2, -0.15) is 0 Å². The number of carbonyl (C=O) groups excluding carboxylic acids is 1. The Bertz CT molecular complexity index is 220. The minimum Gasteiger partial charge on any atom is -0.381 e. The molecule has 2 saturated heterocycles. The Hall–Kier alpha value is -0.610. The van der Waals surface area contributed by atoms with Gasteiger partial charge in [-0.15, -0.1) is 0 Å². The first-order valence-corrected chi connectivity index (χ1v) is 5.26. The summed E-state index contributed by atoms with van der Waals surface area (Å²) in [6, 6.07) is 0. The predicted molar refractivity (Wildman–Crippen MR) is 52.9 cm³/mol. The van der Waals surface area contributed by atoms with Crippen molar-refractivity contribution < 1.29 is 9.53 Å². The molecule has 2 N–H and O–H groups in total. The molecule has 0 saturated carbocycles. The van der Waals surface area contributed by atoms with E-state index < -0.39 is 0 Å². The molecule has 1 atom stereocenters. The summed E-state index contributed by atoms with van der Waals surface area (Å²) in [5, 5.41) is 6.10. The fourth-order valence-electron chi connectivity index (χ4n) is 1.77. The van der Waals surface area contributed by atoms with Crippen LogP contribution in [0.2, 0.25) is 0 Å². The van der Waals surface area contributed by atoms with Crippen LogP contribution in [0.15, 0.2) is 0 Å². The van der Waals surface area contributed by atoms with Crippen LogP contribution in [-0.4, -0.2) is 38.8 Å². The molecule has 0 aromatic heterocycles. The van der Waals surface area contributed by atoms with Gasteiger partial charge in [0.2, 0.25) is 5.91 Å². The number of ether oxygens (including phenoxy) is 1. The van der Waals surface area contributed by atoms with Crippen LogP contribution in [-0.2, 0) is 9.53 Å². The molecule has 0 aliphatic carbocycles. The van der Waals surface area contributed by atoms with Crippen molar-refractivity contribution in [3.05, 3.63) is 0 Å². The first-order chi connectivity index (χ1) is 6.70. The van der Waals surface area contributed by atoms with E-state index in [9.17, 15) is 4.79 Å². The molecule has 0 bridgehead atoms. The van der Waals surface area contributed by atoms with Gasteiger partial charge >= 0.3 is 0 Å². The molecule has 1 unspecified atom stereocenters. The first kappa shape index (κ1) is 9.93. The van der Waals surface area contributed by atoms with Crippen molar-refractivity contribution >= 4 is 5.91 Å². The van der Waals surface area contributed by atoms with Crippen molar-refractivity contribution in [2.75, 3.05) is 32.8 Å². The van der Waals surface area contributed by atoms with Gasteiger partial charge in [-0.25, -0.2) is 0 Å². The summed E-state index contributed by atoms with van der Waals surface area (Å²) in [5.41, 5.74) is 0.160. The van der Waals surface area contributed by atoms with Gasteiger partial charge in [0, 0.05) is 31.7 Å². The standard InChI is InChI=1S/C10H18N2O2/c1-10(2-3-14-7-10)6-12-9(13)8-4-11-5-8/h8,11H,2-7H2,1H3,(H,12,13). The van der Waals surface area contributed by atoms with E-state index in [2.05, 4.69) is 17.6 Å². The molecule has 2 heterocycles. The second-order valence-corrected chi connectivity index (χ2v) is 4.69. The average molecular weight is 198 g/mol. The normalized spacial score (nSPS) is 32.6. The van der Waals surface area contributed by atoms with E-state index in [0.29, 0.717) is 0 Å². The Balaban J connectivity index is 1.72. The fourth-order valence-corrected chi connectivity index (χ4v) is 1.77. The number of nitrogens with one attached hydrogen (secondary N) is 2. The van der Waals surface area contributed by atoms with Crippen LogP contribution in [0.1, 0.15) is 13.3 Å². The highest BCUT2D eigenvalue weighted by atomic mass is 16.5. The van der Waals surface area contributed by atoms with Crippen LogP contribution < -0.4 is 10.6 Å². The van der Waals surface area contributed by atoms with Gasteiger partial charge in [0.25, 0.3) is 0 Å². The minimum absolute atomic E-state index is 0.160. The fraction of sp³-hybridized carbons (Fsp3) is 0.900. The Kier molecular flexibility index (Phi) is 2.74. The molecule has 0 aromatic rings. The first-order valence-electron chi connectivity index (χ1n) is 5.26. The molecule has 4 heteroatoms. The predicted octanol–water partition coefficient (Wildman–Crippen LogP) is -0.251. The van der Waals surface area contributed by atoms with Crippen molar-refractivity contribution in [2.24, 2.45) is 11.3 Å². The van der Waals surface area contributed by atoms with Crippen LogP contribution >= 0.6 is 0 Å². The summed E-state index contributed by atoms with van der Waals surface area (Å²) >= 11 is 0. The molecule has 2 rings (SSSR count). The summed E-state index contributed by atoms with van der Waals surface area (Å²) in [5.74, 6) is 0.387. The Morgan fingerprint density at radius 3 is 2.93 bits per heavy atom. The van der Waals surface area contributed by atoms with Gasteiger partial charge in [0.15, 0.2) is 0 Å². The highest BCUT2D eigenvalue weighted by Crippen LogP contribution is 2.26. The van der Waals surface area contributed by atoms with Gasteiger partial charge in [0.1, 0.15) is 0 Å². The third-order valence-corrected chi connectivity index (χ3v) is 3.14. The molecule has 0 radical (unpaired) electrons. The third kappa shape index (κ3) is 2.07. The number of hydrogen-bond donors (Lipinski definition) is 2. The van der Waals surface area contributed by atoms with Crippen LogP contribution in [0.5, 0.6) is 0 Å². The van der Waals surface area contributed by atoms with E-state index in [1.165, 1.54) is 0 Å². The van der Waals surface area contributed by atoms with Crippen LogP contribution in [0, 0.1) is 11.3 Å². The third-order valence-electron chi connectivity index (χ3n) is 3.14. The molecule has 2 fully saturated rings. The second-order valence-electron chi connectivity index (χ2n) is 4.69. The van der Waals surface area contributed by atoms with E-state index in [1.54, 1.807) is 0 Å². The lowest BCUT2D eigenvalue weighted by Gasteiger charge is -2.28. The Labute approximate surface area is 84.4 Å². The maximum absolute atomic E-state index is 11.5. The summed E-state index contributed by atoms with van der Waals surface area (Å²) < 4.78 is 5.33. The maximum Gasteiger partial charge on any atom is 0.225 e. The second kappa shape index (κ2) is 3.87. The number of amides is 1. The average Bonchev–Trinajstić information content (AvgIpc) is 2.47. The summed E-state index contributed by atoms with van der Waals surface area (Å²) in [4.78, 5) is 11.5. The van der Waals surface area contributed by atoms with Crippen LogP contribution in [0.3, 0.4) is 0 Å². The smallest absolute Gasteiger partial charge is 0.225 e. The van der Waals surface area contributed by atoms with E-state index in [1.807, 2.05) is 0 Å². The largest absolute Gasteiger partial charge is 0.381 e. The van der Waals surface area contributed by atoms with Crippen LogP contribution in [0.4, 0.5) is 0 Å². The zero-order valence-corrected chi connectivity index (χ0v) is 8.64. The summed E-state index contributed by atoms with van der Waals surface area (Å²) in [7, 11) is 0. The van der Waals surface area contributed by atoms with Crippen molar-refractivity contribution in [3.63, 3.8) is 0 Å². The zero-order chi connectivity index (χ0) is 10.0. The molecule has 2 aliphatic rings. The zero-order valence-electron chi connectivity index (χ0n) is 8.64. The lowest BCUT2D eigenvalue weighted by molar-refractivity contribution is -0.126. The lowest BCUT2D eigenvalue weighted by atomic mass is 9.89. The summed E-state index contributed by atoms with van der Waals surface area (Å²) in [6.07, 6.45) is 1.05. The molecule has 0 spiro atoms. The van der Waals surface area contributed by atoms with Gasteiger partial charge < -0.3 is 15.4 Å². The highest BCUT2D eigenvalue weighted by Gasteiger charge is 2.32. The molecular formula is C10H18N2O2. The van der Waals surface area contributed by atoms with Crippen molar-refractivity contribution in [3.8, 4) is 0 Å². The Morgan fingerprint density at radius 1 is 1.64 bits per heavy atom. The van der Waals surface area contributed by atoms with E-state index in [4.69, 9.17) is 4.74 Å². The van der Waals surface area contributed by atoms with Gasteiger partial charge in [-0.1, -0.05) is 6.92 Å². The van der Waals surface area contributed by atoms with Gasteiger partial charge in [0.05, 0.1) is 12.5 Å². The van der Waals surface area contributed by atoms with E-state index >= 15 is 0 Å². The molecule has 80 valence electrons. The van der Waals surface area contributed by atoms with E-state index in [0.717, 1.165) is 39.3 Å². The van der Waals surface area contributed by atoms with Crippen molar-refractivity contribution in [1.82, 2.24) is 10.6 Å². The van der Waals surface area contributed by atoms with Gasteiger partial charge in [-0.05, 0) is 6.42 Å². The monoisotopic (exact) mass is 198 g/mol.